The highest BCUT2D eigenvalue weighted by Gasteiger charge is 2.20. The average Bonchev–Trinajstić information content (AvgIpc) is 3.36. The monoisotopic (exact) mass is 599 g/mol. The molecule has 0 aliphatic rings. The van der Waals surface area contributed by atoms with E-state index in [-0.39, 0.29) is 17.0 Å². The van der Waals surface area contributed by atoms with Crippen LogP contribution in [0.4, 0.5) is 4.39 Å². The number of benzene rings is 4. The number of halogens is 2. The van der Waals surface area contributed by atoms with Gasteiger partial charge >= 0.3 is 5.97 Å². The maximum Gasteiger partial charge on any atom is 0.343 e. The van der Waals surface area contributed by atoms with Gasteiger partial charge in [-0.1, -0.05) is 58.4 Å². The van der Waals surface area contributed by atoms with Gasteiger partial charge in [0.25, 0.3) is 5.91 Å². The Hall–Kier alpha value is -4.76. The van der Waals surface area contributed by atoms with E-state index in [9.17, 15) is 14.0 Å². The van der Waals surface area contributed by atoms with E-state index in [2.05, 4.69) is 31.4 Å². The number of ether oxygens (including phenoxy) is 2. The van der Waals surface area contributed by atoms with Gasteiger partial charge in [-0.3, -0.25) is 4.79 Å². The first-order valence-electron chi connectivity index (χ1n) is 12.4. The van der Waals surface area contributed by atoms with E-state index in [0.29, 0.717) is 34.4 Å². The number of rotatable bonds is 8. The molecule has 9 heteroatoms. The number of para-hydroxylation sites is 1. The van der Waals surface area contributed by atoms with Gasteiger partial charge in [0.05, 0.1) is 23.9 Å². The predicted octanol–water partition coefficient (Wildman–Crippen LogP) is 7.12. The van der Waals surface area contributed by atoms with Crippen LogP contribution in [0.25, 0.3) is 22.0 Å². The van der Waals surface area contributed by atoms with Crippen molar-refractivity contribution in [1.82, 2.24) is 10.4 Å². The summed E-state index contributed by atoms with van der Waals surface area (Å²) in [7, 11) is 0. The highest BCUT2D eigenvalue weighted by atomic mass is 79.9. The van der Waals surface area contributed by atoms with E-state index in [0.717, 1.165) is 10.0 Å². The van der Waals surface area contributed by atoms with Gasteiger partial charge in [-0.15, -0.1) is 0 Å². The number of carbonyl (C=O) groups excluding carboxylic acids is 2. The minimum Gasteiger partial charge on any atom is -0.490 e. The molecule has 40 heavy (non-hydrogen) atoms. The van der Waals surface area contributed by atoms with Crippen molar-refractivity contribution in [1.29, 1.82) is 0 Å². The molecule has 0 saturated carbocycles. The number of aromatic nitrogens is 1. The zero-order chi connectivity index (χ0) is 28.1. The molecule has 0 aliphatic heterocycles. The number of nitrogens with one attached hydrogen (secondary N) is 2. The number of hydrogen-bond acceptors (Lipinski definition) is 5. The fraction of sp³-hybridized carbons (Fsp3) is 0.0645. The number of carbonyl (C=O) groups is 2. The number of hydrazone groups is 1. The first-order chi connectivity index (χ1) is 19.4. The topological polar surface area (TPSA) is 92.8 Å². The molecular weight excluding hydrogens is 577 g/mol. The number of H-pyrrole nitrogens is 1. The Bertz CT molecular complexity index is 1720. The summed E-state index contributed by atoms with van der Waals surface area (Å²) in [6.45, 7) is 2.16. The maximum atomic E-state index is 14.5. The lowest BCUT2D eigenvalue weighted by atomic mass is 10.0. The minimum absolute atomic E-state index is 0.189. The summed E-state index contributed by atoms with van der Waals surface area (Å²) in [5, 5.41) is 4.68. The van der Waals surface area contributed by atoms with Crippen molar-refractivity contribution in [2.75, 3.05) is 6.61 Å². The molecule has 5 aromatic rings. The standard InChI is InChI=1S/C31H23BrFN3O4/c1-2-39-26-17-19(11-16-25(26)40-31(38)21-12-14-22(32)15-13-21)18-34-36-30(37)29-27(20-7-4-3-5-8-20)23-9-6-10-24(33)28(23)35-29/h3-18,35H,2H2,1H3,(H,36,37). The number of fused-ring (bicyclic) bond motifs is 1. The Kier molecular flexibility index (Phi) is 8.02. The molecule has 0 atom stereocenters. The second-order valence-corrected chi connectivity index (χ2v) is 9.55. The van der Waals surface area contributed by atoms with E-state index in [4.69, 9.17) is 9.47 Å². The first kappa shape index (κ1) is 26.8. The summed E-state index contributed by atoms with van der Waals surface area (Å²) >= 11 is 3.34. The van der Waals surface area contributed by atoms with Gasteiger partial charge in [0.1, 0.15) is 11.5 Å². The largest absolute Gasteiger partial charge is 0.490 e. The lowest BCUT2D eigenvalue weighted by Gasteiger charge is -2.11. The molecule has 1 amide bonds. The number of hydrogen-bond donors (Lipinski definition) is 2. The van der Waals surface area contributed by atoms with Crippen LogP contribution in [0.1, 0.15) is 33.3 Å². The Morgan fingerprint density at radius 2 is 1.75 bits per heavy atom. The van der Waals surface area contributed by atoms with Gasteiger partial charge in [0.2, 0.25) is 0 Å². The van der Waals surface area contributed by atoms with Crippen LogP contribution in [0.15, 0.2) is 101 Å². The van der Waals surface area contributed by atoms with Crippen LogP contribution in [-0.2, 0) is 0 Å². The third-order valence-corrected chi connectivity index (χ3v) is 6.53. The molecule has 5 rings (SSSR count). The summed E-state index contributed by atoms with van der Waals surface area (Å²) in [5.41, 5.74) is 5.28. The molecule has 1 aromatic heterocycles. The van der Waals surface area contributed by atoms with Crippen LogP contribution < -0.4 is 14.9 Å². The zero-order valence-electron chi connectivity index (χ0n) is 21.3. The highest BCUT2D eigenvalue weighted by Crippen LogP contribution is 2.33. The Balaban J connectivity index is 1.36. The second-order valence-electron chi connectivity index (χ2n) is 8.64. The molecule has 7 nitrogen and oxygen atoms in total. The Morgan fingerprint density at radius 1 is 0.975 bits per heavy atom. The van der Waals surface area contributed by atoms with Gasteiger partial charge in [-0.05, 0) is 66.6 Å². The summed E-state index contributed by atoms with van der Waals surface area (Å²) in [5.74, 6) is -0.909. The molecule has 200 valence electrons. The summed E-state index contributed by atoms with van der Waals surface area (Å²) in [4.78, 5) is 28.6. The van der Waals surface area contributed by atoms with Crippen molar-refractivity contribution in [3.63, 3.8) is 0 Å². The molecule has 0 radical (unpaired) electrons. The summed E-state index contributed by atoms with van der Waals surface area (Å²) in [6.07, 6.45) is 1.44. The van der Waals surface area contributed by atoms with Gasteiger partial charge < -0.3 is 14.5 Å². The van der Waals surface area contributed by atoms with Crippen molar-refractivity contribution in [2.24, 2.45) is 5.10 Å². The first-order valence-corrected chi connectivity index (χ1v) is 13.2. The van der Waals surface area contributed by atoms with Crippen molar-refractivity contribution < 1.29 is 23.5 Å². The third kappa shape index (κ3) is 5.79. The molecule has 1 heterocycles. The number of aromatic amines is 1. The number of esters is 1. The minimum atomic E-state index is -0.532. The van der Waals surface area contributed by atoms with Gasteiger partial charge in [-0.2, -0.15) is 5.10 Å². The molecule has 0 fully saturated rings. The molecule has 0 unspecified atom stereocenters. The smallest absolute Gasteiger partial charge is 0.343 e. The summed E-state index contributed by atoms with van der Waals surface area (Å²) < 4.78 is 26.6. The SMILES string of the molecule is CCOc1cc(C=NNC(=O)c2[nH]c3c(F)cccc3c2-c2ccccc2)ccc1OC(=O)c1ccc(Br)cc1. The third-order valence-electron chi connectivity index (χ3n) is 6.00. The van der Waals surface area contributed by atoms with E-state index >= 15 is 0 Å². The van der Waals surface area contributed by atoms with E-state index in [1.165, 1.54) is 12.3 Å². The Morgan fingerprint density at radius 3 is 2.50 bits per heavy atom. The van der Waals surface area contributed by atoms with E-state index in [1.54, 1.807) is 54.6 Å². The zero-order valence-corrected chi connectivity index (χ0v) is 22.9. The van der Waals surface area contributed by atoms with E-state index < -0.39 is 17.7 Å². The molecule has 0 saturated heterocycles. The number of nitrogens with zero attached hydrogens (tertiary/aromatic N) is 1. The van der Waals surface area contributed by atoms with Crippen LogP contribution in [0.3, 0.4) is 0 Å². The predicted molar refractivity (Wildman–Crippen MR) is 155 cm³/mol. The fourth-order valence-corrected chi connectivity index (χ4v) is 4.44. The van der Waals surface area contributed by atoms with Gasteiger partial charge in [-0.25, -0.2) is 14.6 Å². The number of amides is 1. The molecule has 2 N–H and O–H groups in total. The van der Waals surface area contributed by atoms with Gasteiger partial charge in [0, 0.05) is 15.4 Å². The molecule has 0 bridgehead atoms. The van der Waals surface area contributed by atoms with Crippen LogP contribution in [0.5, 0.6) is 11.5 Å². The van der Waals surface area contributed by atoms with Crippen molar-refractivity contribution in [3.05, 3.63) is 118 Å². The molecule has 0 aliphatic carbocycles. The second kappa shape index (κ2) is 12.0. The van der Waals surface area contributed by atoms with Crippen molar-refractivity contribution >= 4 is 44.9 Å². The lowest BCUT2D eigenvalue weighted by molar-refractivity contribution is 0.0728. The van der Waals surface area contributed by atoms with E-state index in [1.807, 2.05) is 37.3 Å². The highest BCUT2D eigenvalue weighted by molar-refractivity contribution is 9.10. The molecule has 0 spiro atoms. The van der Waals surface area contributed by atoms with Crippen molar-refractivity contribution in [2.45, 2.75) is 6.92 Å². The summed E-state index contributed by atoms with van der Waals surface area (Å²) in [6, 6.07) is 25.7. The Labute approximate surface area is 237 Å². The van der Waals surface area contributed by atoms with Crippen LogP contribution in [0.2, 0.25) is 0 Å². The molecule has 4 aromatic carbocycles. The maximum absolute atomic E-state index is 14.5. The quantitative estimate of drug-likeness (QED) is 0.0859. The fourth-order valence-electron chi connectivity index (χ4n) is 4.18. The molecular formula is C31H23BrFN3O4. The van der Waals surface area contributed by atoms with Gasteiger partial charge in [0.15, 0.2) is 11.5 Å². The van der Waals surface area contributed by atoms with Crippen LogP contribution in [0, 0.1) is 5.82 Å². The van der Waals surface area contributed by atoms with Crippen LogP contribution >= 0.6 is 15.9 Å². The lowest BCUT2D eigenvalue weighted by Crippen LogP contribution is -2.19. The van der Waals surface area contributed by atoms with Crippen LogP contribution in [-0.4, -0.2) is 29.7 Å². The average molecular weight is 600 g/mol. The van der Waals surface area contributed by atoms with Crippen molar-refractivity contribution in [3.8, 4) is 22.6 Å². The normalized spacial score (nSPS) is 11.1.